The zero-order chi connectivity index (χ0) is 51.3. The van der Waals surface area contributed by atoms with Gasteiger partial charge in [0.1, 0.15) is 36.3 Å². The molecule has 1 saturated heterocycles. The van der Waals surface area contributed by atoms with E-state index in [0.717, 1.165) is 80.4 Å². The molecule has 2 aromatic rings. The molecule has 25 nitrogen and oxygen atoms in total. The number of hydrogen-bond acceptors (Lipinski definition) is 19. The monoisotopic (exact) mass is 1060 g/mol. The van der Waals surface area contributed by atoms with Crippen molar-refractivity contribution in [3.05, 3.63) is 12.7 Å². The highest BCUT2D eigenvalue weighted by molar-refractivity contribution is 8.13. The molecule has 2 aromatic heterocycles. The van der Waals surface area contributed by atoms with Gasteiger partial charge in [0.2, 0.25) is 11.8 Å². The number of imidazole rings is 1. The van der Waals surface area contributed by atoms with Crippen LogP contribution in [0.1, 0.15) is 136 Å². The van der Waals surface area contributed by atoms with Crippen molar-refractivity contribution in [2.75, 3.05) is 37.8 Å². The van der Waals surface area contributed by atoms with Gasteiger partial charge in [-0.05, 0) is 19.3 Å². The van der Waals surface area contributed by atoms with Gasteiger partial charge in [0, 0.05) is 37.1 Å². The third-order valence-corrected chi connectivity index (χ3v) is 15.1. The molecule has 0 radical (unpaired) electrons. The van der Waals surface area contributed by atoms with E-state index in [9.17, 15) is 63.0 Å². The molecule has 3 rings (SSSR count). The van der Waals surface area contributed by atoms with Crippen molar-refractivity contribution in [1.82, 2.24) is 30.2 Å². The summed E-state index contributed by atoms with van der Waals surface area (Å²) in [6.45, 7) is 2.73. The Kier molecular flexibility index (Phi) is 26.4. The molecule has 1 fully saturated rings. The summed E-state index contributed by atoms with van der Waals surface area (Å²) in [6, 6.07) is 0. The van der Waals surface area contributed by atoms with Crippen LogP contribution < -0.4 is 16.4 Å². The molecule has 8 unspecified atom stereocenters. The third-order valence-electron chi connectivity index (χ3n) is 11.1. The van der Waals surface area contributed by atoms with E-state index in [1.165, 1.54) is 58.8 Å². The van der Waals surface area contributed by atoms with Crippen molar-refractivity contribution in [2.45, 2.75) is 167 Å². The summed E-state index contributed by atoms with van der Waals surface area (Å²) in [6.07, 6.45) is 9.65. The van der Waals surface area contributed by atoms with Crippen LogP contribution in [0.15, 0.2) is 12.7 Å². The van der Waals surface area contributed by atoms with E-state index in [2.05, 4.69) is 41.3 Å². The van der Waals surface area contributed by atoms with Crippen molar-refractivity contribution >= 4 is 69.1 Å². The second-order valence-electron chi connectivity index (χ2n) is 17.5. The SMILES string of the molecule is CCCCCCCCCCC(O)CCCCCCCC(=O)SCCNC(=O)CCNC(=O)C(O)C(C)(C)COP(=O)(O)OP(=O)(O)OCC1OC(n2cnc3c(N)ncnc32)C(O)C1OP(=O)(O)O. The first kappa shape index (κ1) is 60.8. The van der Waals surface area contributed by atoms with Crippen LogP contribution in [-0.2, 0) is 50.7 Å². The molecule has 0 aromatic carbocycles. The summed E-state index contributed by atoms with van der Waals surface area (Å²) in [7, 11) is -16.4. The number of nitrogens with two attached hydrogens (primary N) is 1. The largest absolute Gasteiger partial charge is 0.481 e. The fourth-order valence-corrected chi connectivity index (χ4v) is 10.8. The van der Waals surface area contributed by atoms with Crippen LogP contribution in [-0.4, -0.2) is 134 Å². The fraction of sp³-hybridized carbons (Fsp3) is 0.800. The van der Waals surface area contributed by atoms with Gasteiger partial charge >= 0.3 is 23.5 Å². The van der Waals surface area contributed by atoms with E-state index in [1.54, 1.807) is 0 Å². The number of aromatic nitrogens is 4. The first-order valence-corrected chi connectivity index (χ1v) is 28.7. The second-order valence-corrected chi connectivity index (χ2v) is 22.9. The van der Waals surface area contributed by atoms with Gasteiger partial charge in [-0.2, -0.15) is 4.31 Å². The Balaban J connectivity index is 1.29. The van der Waals surface area contributed by atoms with Crippen LogP contribution in [0, 0.1) is 5.41 Å². The van der Waals surface area contributed by atoms with Gasteiger partial charge in [-0.15, -0.1) is 0 Å². The number of carbonyl (C=O) groups excluding carboxylic acids is 3. The molecular weight excluding hydrogens is 991 g/mol. The van der Waals surface area contributed by atoms with E-state index < -0.39 is 84.6 Å². The number of anilines is 1. The lowest BCUT2D eigenvalue weighted by atomic mass is 9.87. The zero-order valence-electron chi connectivity index (χ0n) is 39.4. The van der Waals surface area contributed by atoms with Gasteiger partial charge < -0.3 is 56.0 Å². The van der Waals surface area contributed by atoms with E-state index in [4.69, 9.17) is 19.5 Å². The predicted octanol–water partition coefficient (Wildman–Crippen LogP) is 4.29. The maximum Gasteiger partial charge on any atom is 0.481 e. The van der Waals surface area contributed by atoms with Crippen molar-refractivity contribution in [2.24, 2.45) is 5.41 Å². The van der Waals surface area contributed by atoms with Crippen LogP contribution in [0.5, 0.6) is 0 Å². The minimum Gasteiger partial charge on any atom is -0.393 e. The molecule has 396 valence electrons. The lowest BCUT2D eigenvalue weighted by molar-refractivity contribution is -0.137. The number of fused-ring (bicyclic) bond motifs is 1. The number of carbonyl (C=O) groups is 3. The number of amides is 2. The van der Waals surface area contributed by atoms with Crippen molar-refractivity contribution in [3.8, 4) is 0 Å². The molecule has 0 aliphatic carbocycles. The number of nitrogens with one attached hydrogen (secondary N) is 2. The predicted molar refractivity (Wildman–Crippen MR) is 253 cm³/mol. The first-order valence-electron chi connectivity index (χ1n) is 23.2. The Bertz CT molecular complexity index is 2050. The van der Waals surface area contributed by atoms with Crippen LogP contribution in [0.3, 0.4) is 0 Å². The number of unbranched alkanes of at least 4 members (excludes halogenated alkanes) is 11. The molecule has 69 heavy (non-hydrogen) atoms. The number of aliphatic hydroxyl groups is 3. The van der Waals surface area contributed by atoms with Gasteiger partial charge in [-0.1, -0.05) is 110 Å². The molecule has 29 heteroatoms. The normalized spacial score (nSPS) is 20.3. The topological polar surface area (TPSA) is 384 Å². The minimum absolute atomic E-state index is 0.0296. The molecule has 1 aliphatic heterocycles. The van der Waals surface area contributed by atoms with Crippen molar-refractivity contribution in [3.63, 3.8) is 0 Å². The Morgan fingerprint density at radius 3 is 2.10 bits per heavy atom. The summed E-state index contributed by atoms with van der Waals surface area (Å²) >= 11 is 1.12. The number of aliphatic hydroxyl groups excluding tert-OH is 3. The Hall–Kier alpha value is -2.48. The van der Waals surface area contributed by atoms with Gasteiger partial charge in [0.25, 0.3) is 0 Å². The first-order chi connectivity index (χ1) is 32.4. The van der Waals surface area contributed by atoms with Crippen LogP contribution in [0.2, 0.25) is 0 Å². The third kappa shape index (κ3) is 22.9. The van der Waals surface area contributed by atoms with E-state index in [1.807, 2.05) is 0 Å². The number of rotatable bonds is 36. The maximum atomic E-state index is 12.7. The highest BCUT2D eigenvalue weighted by Crippen LogP contribution is 2.61. The lowest BCUT2D eigenvalue weighted by Gasteiger charge is -2.30. The van der Waals surface area contributed by atoms with Gasteiger partial charge in [-0.3, -0.25) is 32.5 Å². The Labute approximate surface area is 406 Å². The standard InChI is InChI=1S/C40H72N7O18P3S/c1-4-5-6-7-8-9-11-14-17-28(48)18-15-12-10-13-16-19-31(50)69-23-22-42-30(49)20-21-43-38(53)35(52)40(2,3)25-62-68(59,60)65-67(57,58)61-24-29-34(64-66(54,55)56)33(51)39(63-29)47-27-46-32-36(41)44-26-45-37(32)47/h26-29,33-35,39,48,51-52H,4-25H2,1-3H3,(H,42,49)(H,43,53)(H,57,58)(H,59,60)(H2,41,44,45)(H2,54,55,56). The summed E-state index contributed by atoms with van der Waals surface area (Å²) in [5.41, 5.74) is 4.27. The summed E-state index contributed by atoms with van der Waals surface area (Å²) in [5, 5.41) is 36.9. The van der Waals surface area contributed by atoms with Crippen LogP contribution in [0.4, 0.5) is 5.82 Å². The molecule has 0 saturated carbocycles. The average Bonchev–Trinajstić information content (AvgIpc) is 3.83. The van der Waals surface area contributed by atoms with Crippen LogP contribution >= 0.6 is 35.2 Å². The highest BCUT2D eigenvalue weighted by Gasteiger charge is 2.50. The molecule has 3 heterocycles. The molecule has 8 atom stereocenters. The van der Waals surface area contributed by atoms with Gasteiger partial charge in [-0.25, -0.2) is 28.6 Å². The number of nitrogen functional groups attached to an aromatic ring is 1. The molecule has 1 aliphatic rings. The van der Waals surface area contributed by atoms with Gasteiger partial charge in [0.15, 0.2) is 22.8 Å². The molecule has 0 bridgehead atoms. The minimum atomic E-state index is -5.58. The number of thioether (sulfide) groups is 1. The Morgan fingerprint density at radius 1 is 0.855 bits per heavy atom. The van der Waals surface area contributed by atoms with Crippen LogP contribution in [0.25, 0.3) is 11.2 Å². The summed E-state index contributed by atoms with van der Waals surface area (Å²) in [5.74, 6) is -1.08. The number of nitrogens with zero attached hydrogens (tertiary/aromatic N) is 4. The second kappa shape index (κ2) is 29.9. The molecule has 2 amide bonds. The fourth-order valence-electron chi connectivity index (χ4n) is 7.21. The van der Waals surface area contributed by atoms with Crippen molar-refractivity contribution in [1.29, 1.82) is 0 Å². The van der Waals surface area contributed by atoms with E-state index >= 15 is 0 Å². The smallest absolute Gasteiger partial charge is 0.393 e. The number of phosphoric ester groups is 3. The van der Waals surface area contributed by atoms with E-state index in [-0.39, 0.29) is 47.7 Å². The molecule has 11 N–H and O–H groups in total. The number of ether oxygens (including phenoxy) is 1. The molecular formula is C40H72N7O18P3S. The summed E-state index contributed by atoms with van der Waals surface area (Å²) in [4.78, 5) is 88.4. The number of hydrogen-bond donors (Lipinski definition) is 10. The highest BCUT2D eigenvalue weighted by atomic mass is 32.2. The average molecular weight is 1060 g/mol. The maximum absolute atomic E-state index is 12.7. The number of phosphoric acid groups is 3. The quantitative estimate of drug-likeness (QED) is 0.0336. The Morgan fingerprint density at radius 2 is 1.46 bits per heavy atom. The lowest BCUT2D eigenvalue weighted by Crippen LogP contribution is -2.46. The molecule has 0 spiro atoms. The summed E-state index contributed by atoms with van der Waals surface area (Å²) < 4.78 is 62.4. The van der Waals surface area contributed by atoms with E-state index in [0.29, 0.717) is 12.2 Å². The van der Waals surface area contributed by atoms with Gasteiger partial charge in [0.05, 0.1) is 25.6 Å². The van der Waals surface area contributed by atoms with Crippen molar-refractivity contribution < 1.29 is 85.6 Å². The zero-order valence-corrected chi connectivity index (χ0v) is 42.9.